The molecule has 0 atom stereocenters. The van der Waals surface area contributed by atoms with E-state index in [4.69, 9.17) is 16.3 Å². The Balaban J connectivity index is 2.06. The van der Waals surface area contributed by atoms with Gasteiger partial charge in [-0.05, 0) is 65.0 Å². The molecule has 0 aliphatic rings. The lowest BCUT2D eigenvalue weighted by Gasteiger charge is -2.30. The van der Waals surface area contributed by atoms with Crippen molar-refractivity contribution in [1.29, 1.82) is 0 Å². The molecule has 32 heavy (non-hydrogen) atoms. The zero-order valence-corrected chi connectivity index (χ0v) is 19.8. The third-order valence-corrected chi connectivity index (χ3v) is 5.52. The van der Waals surface area contributed by atoms with E-state index in [1.165, 1.54) is 18.5 Å². The van der Waals surface area contributed by atoms with Gasteiger partial charge in [0.1, 0.15) is 23.7 Å². The number of anilines is 2. The van der Waals surface area contributed by atoms with Crippen LogP contribution in [0.25, 0.3) is 10.9 Å². The van der Waals surface area contributed by atoms with Crippen molar-refractivity contribution in [3.8, 4) is 17.6 Å². The molecule has 0 unspecified atom stereocenters. The van der Waals surface area contributed by atoms with Gasteiger partial charge in [-0.1, -0.05) is 30.4 Å². The summed E-state index contributed by atoms with van der Waals surface area (Å²) in [6.45, 7) is 9.77. The molecule has 0 fully saturated rings. The van der Waals surface area contributed by atoms with Gasteiger partial charge >= 0.3 is 0 Å². The van der Waals surface area contributed by atoms with Crippen LogP contribution in [0.3, 0.4) is 0 Å². The van der Waals surface area contributed by atoms with Gasteiger partial charge in [0, 0.05) is 17.1 Å². The minimum absolute atomic E-state index is 0.0389. The molecule has 1 aromatic heterocycles. The number of benzene rings is 2. The highest BCUT2D eigenvalue weighted by Gasteiger charge is 2.20. The number of nitrogens with zero attached hydrogens (tertiary/aromatic N) is 3. The van der Waals surface area contributed by atoms with Crippen LogP contribution in [-0.4, -0.2) is 40.6 Å². The third-order valence-electron chi connectivity index (χ3n) is 5.24. The number of hydrogen-bond donors (Lipinski definition) is 1. The normalized spacial score (nSPS) is 11.4. The second kappa shape index (κ2) is 10.2. The van der Waals surface area contributed by atoms with Crippen LogP contribution in [-0.2, 0) is 0 Å². The fraction of sp³-hybridized carbons (Fsp3) is 0.360. The summed E-state index contributed by atoms with van der Waals surface area (Å²) in [5.41, 5.74) is 1.80. The second-order valence-corrected chi connectivity index (χ2v) is 8.41. The van der Waals surface area contributed by atoms with Gasteiger partial charge in [0.25, 0.3) is 0 Å². The molecule has 3 aromatic rings. The molecular weight excluding hydrogens is 427 g/mol. The number of fused-ring (bicyclic) bond motifs is 1. The zero-order valence-electron chi connectivity index (χ0n) is 19.1. The molecule has 0 saturated carbocycles. The second-order valence-electron chi connectivity index (χ2n) is 8.01. The zero-order chi connectivity index (χ0) is 23.3. The molecule has 3 rings (SSSR count). The van der Waals surface area contributed by atoms with Gasteiger partial charge in [0.15, 0.2) is 0 Å². The molecule has 1 N–H and O–H groups in total. The van der Waals surface area contributed by atoms with E-state index in [1.807, 2.05) is 19.1 Å². The van der Waals surface area contributed by atoms with E-state index < -0.39 is 5.82 Å². The molecule has 7 heteroatoms. The first kappa shape index (κ1) is 23.8. The molecule has 2 aromatic carbocycles. The Morgan fingerprint density at radius 3 is 2.66 bits per heavy atom. The van der Waals surface area contributed by atoms with Crippen molar-refractivity contribution < 1.29 is 9.13 Å². The van der Waals surface area contributed by atoms with E-state index in [2.05, 4.69) is 59.8 Å². The Hall–Kier alpha value is -2.88. The average molecular weight is 455 g/mol. The fourth-order valence-corrected chi connectivity index (χ4v) is 3.38. The molecule has 168 valence electrons. The number of ether oxygens (including phenoxy) is 1. The summed E-state index contributed by atoms with van der Waals surface area (Å²) in [5, 5.41) is 4.02. The Morgan fingerprint density at radius 2 is 1.97 bits per heavy atom. The van der Waals surface area contributed by atoms with Crippen molar-refractivity contribution in [2.24, 2.45) is 0 Å². The van der Waals surface area contributed by atoms with Gasteiger partial charge in [0.2, 0.25) is 0 Å². The van der Waals surface area contributed by atoms with E-state index in [0.717, 1.165) is 23.9 Å². The molecule has 0 aliphatic carbocycles. The number of halogens is 2. The van der Waals surface area contributed by atoms with Crippen molar-refractivity contribution in [3.05, 3.63) is 53.1 Å². The van der Waals surface area contributed by atoms with Gasteiger partial charge in [-0.25, -0.2) is 14.4 Å². The van der Waals surface area contributed by atoms with E-state index in [9.17, 15) is 4.39 Å². The van der Waals surface area contributed by atoms with Crippen molar-refractivity contribution in [3.63, 3.8) is 0 Å². The Bertz CT molecular complexity index is 1170. The standard InChI is InChI=1S/C25H28ClFN4O/c1-6-12-31(5)25(3,4)11-10-17-13-19-22(15-23(17)32-7-2)28-16-29-24(19)30-18-8-9-21(27)20(26)14-18/h8-9,13-16H,6-7,12H2,1-5H3,(H,28,29,30). The van der Waals surface area contributed by atoms with Crippen LogP contribution in [0.2, 0.25) is 5.02 Å². The van der Waals surface area contributed by atoms with Crippen LogP contribution in [0.4, 0.5) is 15.9 Å². The maximum absolute atomic E-state index is 13.5. The highest BCUT2D eigenvalue weighted by Crippen LogP contribution is 2.30. The van der Waals surface area contributed by atoms with Crippen LogP contribution in [0.15, 0.2) is 36.7 Å². The summed E-state index contributed by atoms with van der Waals surface area (Å²) >= 11 is 5.92. The number of aromatic nitrogens is 2. The minimum atomic E-state index is -0.473. The molecule has 1 heterocycles. The smallest absolute Gasteiger partial charge is 0.141 e. The van der Waals surface area contributed by atoms with Crippen molar-refractivity contribution >= 4 is 34.0 Å². The van der Waals surface area contributed by atoms with Crippen LogP contribution in [0.5, 0.6) is 5.75 Å². The van der Waals surface area contributed by atoms with Crippen LogP contribution in [0, 0.1) is 17.7 Å². The minimum Gasteiger partial charge on any atom is -0.492 e. The fourth-order valence-electron chi connectivity index (χ4n) is 3.20. The monoisotopic (exact) mass is 454 g/mol. The summed E-state index contributed by atoms with van der Waals surface area (Å²) in [6.07, 6.45) is 2.53. The maximum Gasteiger partial charge on any atom is 0.141 e. The van der Waals surface area contributed by atoms with Crippen LogP contribution >= 0.6 is 11.6 Å². The SMILES string of the molecule is CCCN(C)C(C)(C)C#Cc1cc2c(Nc3ccc(F)c(Cl)c3)ncnc2cc1OCC. The van der Waals surface area contributed by atoms with Gasteiger partial charge in [-0.2, -0.15) is 0 Å². The highest BCUT2D eigenvalue weighted by atomic mass is 35.5. The topological polar surface area (TPSA) is 50.3 Å². The summed E-state index contributed by atoms with van der Waals surface area (Å²) in [7, 11) is 2.08. The van der Waals surface area contributed by atoms with Gasteiger partial charge in [-0.3, -0.25) is 4.90 Å². The Morgan fingerprint density at radius 1 is 1.19 bits per heavy atom. The van der Waals surface area contributed by atoms with Crippen molar-refractivity contribution in [2.75, 3.05) is 25.5 Å². The molecule has 0 spiro atoms. The summed E-state index contributed by atoms with van der Waals surface area (Å²) in [6, 6.07) is 8.24. The first-order valence-electron chi connectivity index (χ1n) is 10.6. The molecule has 0 saturated heterocycles. The molecule has 5 nitrogen and oxygen atoms in total. The van der Waals surface area contributed by atoms with Crippen molar-refractivity contribution in [2.45, 2.75) is 39.7 Å². The molecule has 0 bridgehead atoms. The largest absolute Gasteiger partial charge is 0.492 e. The predicted octanol–water partition coefficient (Wildman–Crippen LogP) is 6.04. The molecular formula is C25H28ClFN4O. The van der Waals surface area contributed by atoms with Crippen LogP contribution < -0.4 is 10.1 Å². The van der Waals surface area contributed by atoms with E-state index in [-0.39, 0.29) is 10.6 Å². The molecule has 0 amide bonds. The van der Waals surface area contributed by atoms with Gasteiger partial charge in [-0.15, -0.1) is 0 Å². The van der Waals surface area contributed by atoms with E-state index in [1.54, 1.807) is 6.07 Å². The van der Waals surface area contributed by atoms with Crippen LogP contribution in [0.1, 0.15) is 39.7 Å². The lowest BCUT2D eigenvalue weighted by molar-refractivity contribution is 0.214. The van der Waals surface area contributed by atoms with Gasteiger partial charge in [0.05, 0.1) is 28.2 Å². The number of rotatable bonds is 7. The summed E-state index contributed by atoms with van der Waals surface area (Å²) < 4.78 is 19.4. The van der Waals surface area contributed by atoms with E-state index in [0.29, 0.717) is 29.4 Å². The Kier molecular flexibility index (Phi) is 7.55. The number of nitrogens with one attached hydrogen (secondary N) is 1. The molecule has 0 aliphatic heterocycles. The average Bonchev–Trinajstić information content (AvgIpc) is 2.75. The third kappa shape index (κ3) is 5.48. The van der Waals surface area contributed by atoms with Crippen molar-refractivity contribution in [1.82, 2.24) is 14.9 Å². The predicted molar refractivity (Wildman–Crippen MR) is 129 cm³/mol. The highest BCUT2D eigenvalue weighted by molar-refractivity contribution is 6.31. The Labute approximate surface area is 194 Å². The maximum atomic E-state index is 13.5. The lowest BCUT2D eigenvalue weighted by atomic mass is 10.0. The first-order valence-corrected chi connectivity index (χ1v) is 11.0. The number of hydrogen-bond acceptors (Lipinski definition) is 5. The first-order chi connectivity index (χ1) is 15.2. The van der Waals surface area contributed by atoms with Gasteiger partial charge < -0.3 is 10.1 Å². The quantitative estimate of drug-likeness (QED) is 0.441. The summed E-state index contributed by atoms with van der Waals surface area (Å²) in [5.74, 6) is 7.47. The van der Waals surface area contributed by atoms with E-state index >= 15 is 0 Å². The molecule has 0 radical (unpaired) electrons. The summed E-state index contributed by atoms with van der Waals surface area (Å²) in [4.78, 5) is 11.0. The lowest BCUT2D eigenvalue weighted by Crippen LogP contribution is -2.40.